The second-order valence-corrected chi connectivity index (χ2v) is 8.80. The molecule has 0 N–H and O–H groups in total. The van der Waals surface area contributed by atoms with Crippen LogP contribution in [-0.4, -0.2) is 55.0 Å². The number of rotatable bonds is 11. The topological polar surface area (TPSA) is 72.2 Å². The third-order valence-corrected chi connectivity index (χ3v) is 5.89. The van der Waals surface area contributed by atoms with Gasteiger partial charge in [-0.05, 0) is 81.3 Å². The van der Waals surface area contributed by atoms with E-state index < -0.39 is 5.82 Å². The molecule has 0 spiro atoms. The molecule has 1 aromatic heterocycles. The minimum Gasteiger partial charge on any atom is -0.493 e. The fourth-order valence-electron chi connectivity index (χ4n) is 3.84. The first kappa shape index (κ1) is 26.8. The van der Waals surface area contributed by atoms with Crippen molar-refractivity contribution in [3.63, 3.8) is 0 Å². The number of furan rings is 1. The molecule has 0 fully saturated rings. The molecule has 0 saturated carbocycles. The number of hydrogen-bond donors (Lipinski definition) is 0. The Morgan fingerprint density at radius 1 is 0.972 bits per heavy atom. The molecule has 8 heteroatoms. The average molecular weight is 497 g/mol. The minimum absolute atomic E-state index is 0.112. The normalized spacial score (nSPS) is 10.9. The van der Waals surface area contributed by atoms with Gasteiger partial charge in [0.05, 0.1) is 20.8 Å². The van der Waals surface area contributed by atoms with Gasteiger partial charge >= 0.3 is 0 Å². The molecule has 0 bridgehead atoms. The van der Waals surface area contributed by atoms with Gasteiger partial charge in [-0.3, -0.25) is 9.59 Å². The highest BCUT2D eigenvalue weighted by Crippen LogP contribution is 2.28. The quantitative estimate of drug-likeness (QED) is 0.379. The third kappa shape index (κ3) is 6.87. The van der Waals surface area contributed by atoms with Crippen LogP contribution in [0.1, 0.15) is 41.3 Å². The molecule has 3 aromatic rings. The Balaban J connectivity index is 1.79. The summed E-state index contributed by atoms with van der Waals surface area (Å²) in [6.07, 6.45) is 0.569. The molecular formula is C28H33FN2O5. The summed E-state index contributed by atoms with van der Waals surface area (Å²) in [6.45, 7) is 6.11. The van der Waals surface area contributed by atoms with Crippen molar-refractivity contribution >= 4 is 11.8 Å². The Bertz CT molecular complexity index is 1170. The number of nitrogens with zero attached hydrogens (tertiary/aromatic N) is 2. The van der Waals surface area contributed by atoms with Crippen LogP contribution in [0.15, 0.2) is 59.0 Å². The smallest absolute Gasteiger partial charge is 0.254 e. The van der Waals surface area contributed by atoms with E-state index in [4.69, 9.17) is 13.9 Å². The van der Waals surface area contributed by atoms with E-state index in [2.05, 4.69) is 0 Å². The Labute approximate surface area is 211 Å². The van der Waals surface area contributed by atoms with Gasteiger partial charge < -0.3 is 23.7 Å². The number of amides is 2. The molecule has 0 radical (unpaired) electrons. The minimum atomic E-state index is -0.422. The highest BCUT2D eigenvalue weighted by Gasteiger charge is 2.25. The zero-order chi connectivity index (χ0) is 26.2. The fraction of sp³-hybridized carbons (Fsp3) is 0.357. The molecule has 0 unspecified atom stereocenters. The number of methoxy groups -OCH3 is 2. The standard InChI is InChI=1S/C28H33FN2O5/c1-19(2)31(28(33)22-8-10-23(29)11-9-22)18-27(32)30(17-24-12-6-20(3)36-24)15-14-21-7-13-25(34-4)26(16-21)35-5/h6-13,16,19H,14-15,17-18H2,1-5H3. The summed E-state index contributed by atoms with van der Waals surface area (Å²) in [4.78, 5) is 29.8. The summed E-state index contributed by atoms with van der Waals surface area (Å²) in [5, 5.41) is 0. The van der Waals surface area contributed by atoms with Crippen molar-refractivity contribution in [2.75, 3.05) is 27.3 Å². The van der Waals surface area contributed by atoms with Gasteiger partial charge in [0.15, 0.2) is 11.5 Å². The van der Waals surface area contributed by atoms with Gasteiger partial charge in [0.25, 0.3) is 5.91 Å². The zero-order valence-corrected chi connectivity index (χ0v) is 21.4. The first-order valence-corrected chi connectivity index (χ1v) is 11.8. The van der Waals surface area contributed by atoms with Crippen LogP contribution in [0.5, 0.6) is 11.5 Å². The summed E-state index contributed by atoms with van der Waals surface area (Å²) >= 11 is 0. The van der Waals surface area contributed by atoms with Gasteiger partial charge in [-0.2, -0.15) is 0 Å². The van der Waals surface area contributed by atoms with Crippen molar-refractivity contribution in [1.29, 1.82) is 0 Å². The van der Waals surface area contributed by atoms with Crippen molar-refractivity contribution in [3.05, 3.63) is 83.1 Å². The van der Waals surface area contributed by atoms with Crippen molar-refractivity contribution in [3.8, 4) is 11.5 Å². The Hall–Kier alpha value is -3.81. The molecule has 0 atom stereocenters. The predicted molar refractivity (Wildman–Crippen MR) is 135 cm³/mol. The lowest BCUT2D eigenvalue weighted by molar-refractivity contribution is -0.133. The number of carbonyl (C=O) groups is 2. The number of ether oxygens (including phenoxy) is 2. The third-order valence-electron chi connectivity index (χ3n) is 5.89. The Morgan fingerprint density at radius 3 is 2.25 bits per heavy atom. The lowest BCUT2D eigenvalue weighted by Gasteiger charge is -2.30. The Kier molecular flexibility index (Phi) is 9.11. The predicted octanol–water partition coefficient (Wildman–Crippen LogP) is 4.87. The fourth-order valence-corrected chi connectivity index (χ4v) is 3.84. The number of halogens is 1. The largest absolute Gasteiger partial charge is 0.493 e. The van der Waals surface area contributed by atoms with E-state index in [-0.39, 0.29) is 30.9 Å². The van der Waals surface area contributed by atoms with Crippen molar-refractivity contribution < 1.29 is 27.9 Å². The maximum Gasteiger partial charge on any atom is 0.254 e. The van der Waals surface area contributed by atoms with Crippen LogP contribution in [0.4, 0.5) is 4.39 Å². The van der Waals surface area contributed by atoms with Crippen LogP contribution < -0.4 is 9.47 Å². The first-order chi connectivity index (χ1) is 17.2. The molecule has 2 aromatic carbocycles. The summed E-state index contributed by atoms with van der Waals surface area (Å²) in [5.41, 5.74) is 1.31. The monoisotopic (exact) mass is 496 g/mol. The maximum absolute atomic E-state index is 13.5. The van der Waals surface area contributed by atoms with Crippen LogP contribution in [0, 0.1) is 12.7 Å². The van der Waals surface area contributed by atoms with Crippen LogP contribution in [0.25, 0.3) is 0 Å². The molecule has 2 amide bonds. The number of aryl methyl sites for hydroxylation is 1. The number of benzene rings is 2. The summed E-state index contributed by atoms with van der Waals surface area (Å²) in [6, 6.07) is 14.4. The van der Waals surface area contributed by atoms with Crippen molar-refractivity contribution in [1.82, 2.24) is 9.80 Å². The van der Waals surface area contributed by atoms with E-state index in [0.29, 0.717) is 35.8 Å². The SMILES string of the molecule is COc1ccc(CCN(Cc2ccc(C)o2)C(=O)CN(C(=O)c2ccc(F)cc2)C(C)C)cc1OC. The molecule has 0 aliphatic heterocycles. The van der Waals surface area contributed by atoms with Crippen LogP contribution in [0.3, 0.4) is 0 Å². The van der Waals surface area contributed by atoms with E-state index in [1.54, 1.807) is 19.1 Å². The van der Waals surface area contributed by atoms with Crippen LogP contribution in [0.2, 0.25) is 0 Å². The molecule has 0 saturated heterocycles. The second kappa shape index (κ2) is 12.2. The number of hydrogen-bond acceptors (Lipinski definition) is 5. The van der Waals surface area contributed by atoms with Gasteiger partial charge in [0.1, 0.15) is 23.9 Å². The van der Waals surface area contributed by atoms with E-state index in [9.17, 15) is 14.0 Å². The lowest BCUT2D eigenvalue weighted by Crippen LogP contribution is -2.46. The van der Waals surface area contributed by atoms with E-state index in [1.807, 2.05) is 51.1 Å². The van der Waals surface area contributed by atoms with Gasteiger partial charge in [-0.15, -0.1) is 0 Å². The molecule has 0 aliphatic rings. The second-order valence-electron chi connectivity index (χ2n) is 8.80. The molecular weight excluding hydrogens is 463 g/mol. The average Bonchev–Trinajstić information content (AvgIpc) is 3.28. The molecule has 3 rings (SSSR count). The number of carbonyl (C=O) groups excluding carboxylic acids is 2. The summed E-state index contributed by atoms with van der Waals surface area (Å²) in [5.74, 6) is 1.70. The van der Waals surface area contributed by atoms with Gasteiger partial charge in [0, 0.05) is 18.2 Å². The molecule has 7 nitrogen and oxygen atoms in total. The van der Waals surface area contributed by atoms with E-state index in [0.717, 1.165) is 11.3 Å². The van der Waals surface area contributed by atoms with Crippen molar-refractivity contribution in [2.45, 2.75) is 39.8 Å². The van der Waals surface area contributed by atoms with E-state index >= 15 is 0 Å². The van der Waals surface area contributed by atoms with Crippen LogP contribution >= 0.6 is 0 Å². The van der Waals surface area contributed by atoms with E-state index in [1.165, 1.54) is 29.2 Å². The summed E-state index contributed by atoms with van der Waals surface area (Å²) < 4.78 is 29.8. The molecule has 36 heavy (non-hydrogen) atoms. The summed E-state index contributed by atoms with van der Waals surface area (Å²) in [7, 11) is 3.16. The molecule has 192 valence electrons. The van der Waals surface area contributed by atoms with Gasteiger partial charge in [-0.25, -0.2) is 4.39 Å². The Morgan fingerprint density at radius 2 is 1.67 bits per heavy atom. The van der Waals surface area contributed by atoms with Gasteiger partial charge in [-0.1, -0.05) is 6.07 Å². The lowest BCUT2D eigenvalue weighted by atomic mass is 10.1. The van der Waals surface area contributed by atoms with Gasteiger partial charge in [0.2, 0.25) is 5.91 Å². The van der Waals surface area contributed by atoms with Crippen molar-refractivity contribution in [2.24, 2.45) is 0 Å². The highest BCUT2D eigenvalue weighted by atomic mass is 19.1. The molecule has 0 aliphatic carbocycles. The maximum atomic E-state index is 13.5. The van der Waals surface area contributed by atoms with Crippen LogP contribution in [-0.2, 0) is 17.8 Å². The molecule has 1 heterocycles. The highest BCUT2D eigenvalue weighted by molar-refractivity contribution is 5.96. The zero-order valence-electron chi connectivity index (χ0n) is 21.4. The first-order valence-electron chi connectivity index (χ1n) is 11.8.